The van der Waals surface area contributed by atoms with Gasteiger partial charge in [0.05, 0.1) is 25.3 Å². The third-order valence-electron chi connectivity index (χ3n) is 10.5. The molecule has 7 N–H and O–H groups in total. The molecule has 2 heterocycles. The highest BCUT2D eigenvalue weighted by molar-refractivity contribution is 6.30. The lowest BCUT2D eigenvalue weighted by Crippen LogP contribution is -2.49. The minimum Gasteiger partial charge on any atom is -0.450 e. The summed E-state index contributed by atoms with van der Waals surface area (Å²) in [5, 5.41) is 7.86. The molecule has 2 amide bonds. The average molecular weight is 829 g/mol. The van der Waals surface area contributed by atoms with Crippen molar-refractivity contribution in [2.24, 2.45) is 16.5 Å². The number of para-hydroxylation sites is 1. The smallest absolute Gasteiger partial charge is 0.336 e. The van der Waals surface area contributed by atoms with Gasteiger partial charge in [0.1, 0.15) is 6.10 Å². The van der Waals surface area contributed by atoms with E-state index in [1.807, 2.05) is 72.8 Å². The number of H-pyrrole nitrogens is 1. The molecule has 1 aliphatic rings. The molecule has 1 aliphatic heterocycles. The molecule has 0 saturated carbocycles. The normalized spacial score (nSPS) is 20.8. The second-order valence-electron chi connectivity index (χ2n) is 15.4. The Balaban J connectivity index is 1.47. The molecular formula is C46H61ClN6O6. The summed E-state index contributed by atoms with van der Waals surface area (Å²) >= 11 is 6.21. The third kappa shape index (κ3) is 15.7. The number of halogens is 1. The van der Waals surface area contributed by atoms with Gasteiger partial charge in [-0.15, -0.1) is 0 Å². The van der Waals surface area contributed by atoms with Crippen LogP contribution < -0.4 is 22.1 Å². The van der Waals surface area contributed by atoms with E-state index in [1.54, 1.807) is 12.1 Å². The van der Waals surface area contributed by atoms with Gasteiger partial charge in [-0.05, 0) is 72.9 Å². The van der Waals surface area contributed by atoms with Crippen molar-refractivity contribution in [3.8, 4) is 0 Å². The first-order valence-corrected chi connectivity index (χ1v) is 21.5. The Bertz CT molecular complexity index is 1880. The van der Waals surface area contributed by atoms with Crippen LogP contribution in [0.15, 0.2) is 89.9 Å². The molecule has 1 aromatic heterocycles. The van der Waals surface area contributed by atoms with Crippen molar-refractivity contribution < 1.29 is 28.6 Å². The van der Waals surface area contributed by atoms with E-state index < -0.39 is 42.3 Å². The average Bonchev–Trinajstić information content (AvgIpc) is 3.64. The van der Waals surface area contributed by atoms with Crippen molar-refractivity contribution in [2.75, 3.05) is 19.8 Å². The number of aromatic nitrogens is 1. The van der Waals surface area contributed by atoms with Crippen molar-refractivity contribution in [1.82, 2.24) is 15.6 Å². The maximum atomic E-state index is 14.3. The first-order valence-electron chi connectivity index (χ1n) is 21.1. The van der Waals surface area contributed by atoms with Crippen molar-refractivity contribution in [3.05, 3.63) is 107 Å². The predicted octanol–water partition coefficient (Wildman–Crippen LogP) is 6.71. The monoisotopic (exact) mass is 828 g/mol. The second kappa shape index (κ2) is 24.2. The van der Waals surface area contributed by atoms with Gasteiger partial charge >= 0.3 is 5.97 Å². The highest BCUT2D eigenvalue weighted by Crippen LogP contribution is 2.20. The quantitative estimate of drug-likeness (QED) is 0.0318. The summed E-state index contributed by atoms with van der Waals surface area (Å²) in [5.74, 6) is -1.44. The van der Waals surface area contributed by atoms with E-state index in [-0.39, 0.29) is 31.5 Å². The van der Waals surface area contributed by atoms with Crippen molar-refractivity contribution in [2.45, 2.75) is 121 Å². The number of fused-ring (bicyclic) bond motifs is 1. The first kappa shape index (κ1) is 45.2. The number of carbonyl (C=O) groups excluding carboxylic acids is 3. The number of benzene rings is 3. The van der Waals surface area contributed by atoms with Gasteiger partial charge in [0.2, 0.25) is 5.91 Å². The molecule has 0 aliphatic carbocycles. The van der Waals surface area contributed by atoms with E-state index >= 15 is 0 Å². The van der Waals surface area contributed by atoms with Crippen LogP contribution in [0.25, 0.3) is 10.9 Å². The number of ether oxygens (including phenoxy) is 3. The minimum atomic E-state index is -1.09. The van der Waals surface area contributed by atoms with Gasteiger partial charge in [0.15, 0.2) is 18.2 Å². The summed E-state index contributed by atoms with van der Waals surface area (Å²) in [6, 6.07) is 25.7. The van der Waals surface area contributed by atoms with Crippen LogP contribution in [0, 0.1) is 0 Å². The molecule has 1 unspecified atom stereocenters. The van der Waals surface area contributed by atoms with E-state index in [0.29, 0.717) is 50.1 Å². The zero-order valence-electron chi connectivity index (χ0n) is 34.2. The molecule has 59 heavy (non-hydrogen) atoms. The number of guanidine groups is 1. The summed E-state index contributed by atoms with van der Waals surface area (Å²) in [7, 11) is 0. The van der Waals surface area contributed by atoms with Crippen LogP contribution in [0.1, 0.15) is 88.0 Å². The molecule has 0 radical (unpaired) electrons. The van der Waals surface area contributed by atoms with Crippen molar-refractivity contribution in [3.63, 3.8) is 0 Å². The predicted molar refractivity (Wildman–Crippen MR) is 233 cm³/mol. The van der Waals surface area contributed by atoms with Gasteiger partial charge in [-0.25, -0.2) is 4.79 Å². The number of unbranched alkanes of at least 4 members (excludes halogenated alkanes) is 6. The highest BCUT2D eigenvalue weighted by atomic mass is 35.5. The first-order chi connectivity index (χ1) is 28.7. The molecule has 4 aromatic rings. The van der Waals surface area contributed by atoms with E-state index in [9.17, 15) is 14.4 Å². The number of rotatable bonds is 18. The van der Waals surface area contributed by atoms with Gasteiger partial charge < -0.3 is 41.3 Å². The summed E-state index contributed by atoms with van der Waals surface area (Å²) < 4.78 is 19.0. The Morgan fingerprint density at radius 2 is 1.34 bits per heavy atom. The number of esters is 1. The molecule has 318 valence electrons. The number of hydrogen-bond donors (Lipinski definition) is 5. The van der Waals surface area contributed by atoms with Crippen LogP contribution >= 0.6 is 11.6 Å². The fraction of sp³-hybridized carbons (Fsp3) is 0.478. The fourth-order valence-corrected chi connectivity index (χ4v) is 7.43. The van der Waals surface area contributed by atoms with Crippen LogP contribution in [0.2, 0.25) is 5.02 Å². The van der Waals surface area contributed by atoms with E-state index in [1.165, 1.54) is 12.8 Å². The lowest BCUT2D eigenvalue weighted by atomic mass is 10.0. The van der Waals surface area contributed by atoms with Crippen LogP contribution in [-0.4, -0.2) is 78.9 Å². The number of nitrogens with one attached hydrogen (secondary N) is 3. The summed E-state index contributed by atoms with van der Waals surface area (Å²) in [5.41, 5.74) is 14.7. The lowest BCUT2D eigenvalue weighted by molar-refractivity contribution is -0.168. The molecule has 5 atom stereocenters. The van der Waals surface area contributed by atoms with Gasteiger partial charge in [0, 0.05) is 35.6 Å². The molecule has 1 fully saturated rings. The third-order valence-corrected chi connectivity index (χ3v) is 10.8. The largest absolute Gasteiger partial charge is 0.450 e. The lowest BCUT2D eigenvalue weighted by Gasteiger charge is -2.26. The van der Waals surface area contributed by atoms with Gasteiger partial charge in [0.25, 0.3) is 5.91 Å². The molecule has 0 bridgehead atoms. The van der Waals surface area contributed by atoms with E-state index in [2.05, 4.69) is 27.5 Å². The summed E-state index contributed by atoms with van der Waals surface area (Å²) in [6.07, 6.45) is 6.43. The van der Waals surface area contributed by atoms with Gasteiger partial charge in [-0.2, -0.15) is 0 Å². The molecule has 12 nitrogen and oxygen atoms in total. The van der Waals surface area contributed by atoms with Crippen LogP contribution in [0.5, 0.6) is 0 Å². The molecule has 5 rings (SSSR count). The number of nitrogens with two attached hydrogens (primary N) is 2. The number of carbonyl (C=O) groups is 3. The number of aliphatic imine (C=N–C) groups is 1. The molecule has 0 spiro atoms. The van der Waals surface area contributed by atoms with Crippen LogP contribution in [0.4, 0.5) is 0 Å². The number of nitrogens with zero attached hydrogens (tertiary/aromatic N) is 1. The molecule has 1 saturated heterocycles. The Labute approximate surface area is 353 Å². The summed E-state index contributed by atoms with van der Waals surface area (Å²) in [4.78, 5) is 50.3. The molecule has 13 heteroatoms. The van der Waals surface area contributed by atoms with E-state index in [4.69, 9.17) is 37.3 Å². The summed E-state index contributed by atoms with van der Waals surface area (Å²) in [6.45, 7) is 2.54. The molecular weight excluding hydrogens is 768 g/mol. The standard InChI is InChI=1S/C46H61ClN6O6/c1-2-3-4-5-6-7-11-20-40-43(54)53-38(26-33-21-23-35(47)24-22-33)31-57-41(27-32-15-9-8-10-16-32)44(55)52-36(18-14-25-50-46(48)49)30-58-42(45(56)59-40)29-37-28-34-17-12-13-19-39(34)51-37/h8-10,12-13,15-17,19,21-24,28,36,38,40-42,51H,2-7,11,14,18,20,25-27,29-31H2,1H3,(H,52,55)(H,53,54)(H4,48,49,50)/t36-,38-,40?,41+,42-/m0/s1. The second-order valence-corrected chi connectivity index (χ2v) is 15.9. The Kier molecular flexibility index (Phi) is 18.6. The Morgan fingerprint density at radius 1 is 0.695 bits per heavy atom. The number of hydrogen-bond acceptors (Lipinski definition) is 7. The number of aromatic amines is 1. The van der Waals surface area contributed by atoms with Crippen LogP contribution in [0.3, 0.4) is 0 Å². The zero-order chi connectivity index (χ0) is 41.8. The topological polar surface area (TPSA) is 183 Å². The SMILES string of the molecule is CCCCCCCCCC1OC(=O)[C@H](Cc2cc3ccccc3[nH]2)OC[C@H](CCCN=C(N)N)NC(=O)[C@@H](Cc2ccccc2)OC[C@H](Cc2ccc(Cl)cc2)NC1=O. The minimum absolute atomic E-state index is 0.0145. The Morgan fingerprint density at radius 3 is 2.08 bits per heavy atom. The number of amides is 2. The van der Waals surface area contributed by atoms with E-state index in [0.717, 1.165) is 53.4 Å². The van der Waals surface area contributed by atoms with Crippen molar-refractivity contribution >= 4 is 46.2 Å². The number of cyclic esters (lactones) is 1. The Hall–Kier alpha value is -4.91. The van der Waals surface area contributed by atoms with Gasteiger partial charge in [-0.3, -0.25) is 14.6 Å². The van der Waals surface area contributed by atoms with Crippen LogP contribution in [-0.2, 0) is 47.9 Å². The zero-order valence-corrected chi connectivity index (χ0v) is 35.0. The van der Waals surface area contributed by atoms with Gasteiger partial charge in [-0.1, -0.05) is 118 Å². The fourth-order valence-electron chi connectivity index (χ4n) is 7.31. The maximum absolute atomic E-state index is 14.3. The van der Waals surface area contributed by atoms with Crippen molar-refractivity contribution in [1.29, 1.82) is 0 Å². The maximum Gasteiger partial charge on any atom is 0.336 e. The highest BCUT2D eigenvalue weighted by Gasteiger charge is 2.33. The molecule has 3 aromatic carbocycles.